The standard InChI is InChI=1S/C11H18O2/c1-5-9(13-11(2,3)4)10-7-6-8-12-10/h6-9H,5H2,1-4H3. The van der Waals surface area contributed by atoms with E-state index in [1.807, 2.05) is 12.1 Å². The Bertz CT molecular complexity index is 231. The average Bonchev–Trinajstić information content (AvgIpc) is 2.50. The molecule has 0 saturated heterocycles. The van der Waals surface area contributed by atoms with Gasteiger partial charge >= 0.3 is 0 Å². The van der Waals surface area contributed by atoms with Crippen LogP contribution in [0, 0.1) is 0 Å². The van der Waals surface area contributed by atoms with Crippen LogP contribution in [0.5, 0.6) is 0 Å². The van der Waals surface area contributed by atoms with Gasteiger partial charge in [0.1, 0.15) is 11.9 Å². The SMILES string of the molecule is CCC(OC(C)(C)C)c1ccco1. The van der Waals surface area contributed by atoms with Crippen molar-refractivity contribution in [3.05, 3.63) is 24.2 Å². The molecule has 0 bridgehead atoms. The quantitative estimate of drug-likeness (QED) is 0.713. The predicted molar refractivity (Wildman–Crippen MR) is 52.6 cm³/mol. The molecule has 0 aromatic carbocycles. The average molecular weight is 182 g/mol. The third-order valence-electron chi connectivity index (χ3n) is 1.73. The Labute approximate surface area is 79.9 Å². The molecular formula is C11H18O2. The summed E-state index contributed by atoms with van der Waals surface area (Å²) in [7, 11) is 0. The Morgan fingerprint density at radius 3 is 2.54 bits per heavy atom. The van der Waals surface area contributed by atoms with Gasteiger partial charge in [-0.25, -0.2) is 0 Å². The largest absolute Gasteiger partial charge is 0.467 e. The fraction of sp³-hybridized carbons (Fsp3) is 0.636. The van der Waals surface area contributed by atoms with Gasteiger partial charge in [0, 0.05) is 0 Å². The van der Waals surface area contributed by atoms with E-state index in [0.717, 1.165) is 12.2 Å². The van der Waals surface area contributed by atoms with Crippen LogP contribution in [0.2, 0.25) is 0 Å². The van der Waals surface area contributed by atoms with Crippen molar-refractivity contribution in [3.8, 4) is 0 Å². The second kappa shape index (κ2) is 3.97. The molecule has 1 aromatic rings. The summed E-state index contributed by atoms with van der Waals surface area (Å²) in [6.45, 7) is 8.26. The molecule has 2 heteroatoms. The van der Waals surface area contributed by atoms with Gasteiger partial charge in [0.15, 0.2) is 0 Å². The van der Waals surface area contributed by atoms with Gasteiger partial charge in [0.25, 0.3) is 0 Å². The zero-order chi connectivity index (χ0) is 9.90. The van der Waals surface area contributed by atoms with E-state index < -0.39 is 0 Å². The number of hydrogen-bond donors (Lipinski definition) is 0. The maximum absolute atomic E-state index is 5.84. The van der Waals surface area contributed by atoms with Crippen molar-refractivity contribution in [2.45, 2.75) is 45.8 Å². The molecule has 0 aliphatic carbocycles. The van der Waals surface area contributed by atoms with E-state index >= 15 is 0 Å². The molecule has 0 radical (unpaired) electrons. The molecule has 0 spiro atoms. The van der Waals surface area contributed by atoms with Gasteiger partial charge in [-0.05, 0) is 39.3 Å². The van der Waals surface area contributed by atoms with Crippen LogP contribution < -0.4 is 0 Å². The molecule has 0 aliphatic heterocycles. The van der Waals surface area contributed by atoms with E-state index in [1.165, 1.54) is 0 Å². The van der Waals surface area contributed by atoms with Crippen LogP contribution in [-0.2, 0) is 4.74 Å². The molecule has 1 aromatic heterocycles. The molecule has 1 unspecified atom stereocenters. The first kappa shape index (κ1) is 10.3. The van der Waals surface area contributed by atoms with Gasteiger partial charge in [-0.2, -0.15) is 0 Å². The summed E-state index contributed by atoms with van der Waals surface area (Å²) in [6.07, 6.45) is 2.70. The third kappa shape index (κ3) is 3.23. The zero-order valence-corrected chi connectivity index (χ0v) is 8.83. The van der Waals surface area contributed by atoms with Crippen LogP contribution in [0.4, 0.5) is 0 Å². The molecule has 1 heterocycles. The highest BCUT2D eigenvalue weighted by atomic mass is 16.5. The number of ether oxygens (including phenoxy) is 1. The van der Waals surface area contributed by atoms with Gasteiger partial charge < -0.3 is 9.15 Å². The summed E-state index contributed by atoms with van der Waals surface area (Å²) < 4.78 is 11.1. The normalized spacial score (nSPS) is 14.5. The molecule has 0 amide bonds. The molecule has 0 aliphatic rings. The van der Waals surface area contributed by atoms with Gasteiger partial charge in [-0.3, -0.25) is 0 Å². The first-order valence-electron chi connectivity index (χ1n) is 4.74. The Hall–Kier alpha value is -0.760. The molecule has 0 N–H and O–H groups in total. The Morgan fingerprint density at radius 1 is 1.46 bits per heavy atom. The predicted octanol–water partition coefficient (Wildman–Crippen LogP) is 3.55. The molecule has 1 rings (SSSR count). The highest BCUT2D eigenvalue weighted by Gasteiger charge is 2.20. The first-order valence-corrected chi connectivity index (χ1v) is 4.74. The third-order valence-corrected chi connectivity index (χ3v) is 1.73. The lowest BCUT2D eigenvalue weighted by molar-refractivity contribution is -0.0716. The molecular weight excluding hydrogens is 164 g/mol. The van der Waals surface area contributed by atoms with Gasteiger partial charge in [-0.1, -0.05) is 6.92 Å². The van der Waals surface area contributed by atoms with Crippen LogP contribution in [-0.4, -0.2) is 5.60 Å². The maximum atomic E-state index is 5.84. The number of furan rings is 1. The van der Waals surface area contributed by atoms with E-state index in [0.29, 0.717) is 0 Å². The molecule has 0 saturated carbocycles. The number of hydrogen-bond acceptors (Lipinski definition) is 2. The lowest BCUT2D eigenvalue weighted by atomic mass is 10.1. The summed E-state index contributed by atoms with van der Waals surface area (Å²) >= 11 is 0. The fourth-order valence-electron chi connectivity index (χ4n) is 1.24. The van der Waals surface area contributed by atoms with Crippen LogP contribution in [0.3, 0.4) is 0 Å². The van der Waals surface area contributed by atoms with Gasteiger partial charge in [0.05, 0.1) is 11.9 Å². The van der Waals surface area contributed by atoms with Crippen molar-refractivity contribution in [2.24, 2.45) is 0 Å². The smallest absolute Gasteiger partial charge is 0.132 e. The van der Waals surface area contributed by atoms with Crippen LogP contribution >= 0.6 is 0 Å². The summed E-state index contributed by atoms with van der Waals surface area (Å²) in [5.41, 5.74) is -0.118. The minimum Gasteiger partial charge on any atom is -0.467 e. The second-order valence-corrected chi connectivity index (χ2v) is 4.14. The first-order chi connectivity index (χ1) is 6.03. The summed E-state index contributed by atoms with van der Waals surface area (Å²) in [4.78, 5) is 0. The van der Waals surface area contributed by atoms with Crippen LogP contribution in [0.15, 0.2) is 22.8 Å². The summed E-state index contributed by atoms with van der Waals surface area (Å²) in [5, 5.41) is 0. The lowest BCUT2D eigenvalue weighted by Gasteiger charge is -2.25. The van der Waals surface area contributed by atoms with E-state index in [2.05, 4.69) is 27.7 Å². The van der Waals surface area contributed by atoms with Crippen molar-refractivity contribution >= 4 is 0 Å². The minimum absolute atomic E-state index is 0.0787. The highest BCUT2D eigenvalue weighted by Crippen LogP contribution is 2.26. The molecule has 13 heavy (non-hydrogen) atoms. The van der Waals surface area contributed by atoms with Crippen LogP contribution in [0.1, 0.15) is 46.0 Å². The van der Waals surface area contributed by atoms with Gasteiger partial charge in [-0.15, -0.1) is 0 Å². The fourth-order valence-corrected chi connectivity index (χ4v) is 1.24. The second-order valence-electron chi connectivity index (χ2n) is 4.14. The minimum atomic E-state index is -0.118. The van der Waals surface area contributed by atoms with Crippen molar-refractivity contribution in [1.82, 2.24) is 0 Å². The maximum Gasteiger partial charge on any atom is 0.132 e. The summed E-state index contributed by atoms with van der Waals surface area (Å²) in [5.74, 6) is 0.914. The van der Waals surface area contributed by atoms with Gasteiger partial charge in [0.2, 0.25) is 0 Å². The number of rotatable bonds is 3. The van der Waals surface area contributed by atoms with E-state index in [-0.39, 0.29) is 11.7 Å². The topological polar surface area (TPSA) is 22.4 Å². The van der Waals surface area contributed by atoms with Crippen molar-refractivity contribution in [3.63, 3.8) is 0 Å². The highest BCUT2D eigenvalue weighted by molar-refractivity contribution is 5.02. The van der Waals surface area contributed by atoms with E-state index in [4.69, 9.17) is 9.15 Å². The molecule has 2 nitrogen and oxygen atoms in total. The Balaban J connectivity index is 2.64. The lowest BCUT2D eigenvalue weighted by Crippen LogP contribution is -2.22. The van der Waals surface area contributed by atoms with E-state index in [9.17, 15) is 0 Å². The molecule has 74 valence electrons. The Morgan fingerprint density at radius 2 is 2.15 bits per heavy atom. The van der Waals surface area contributed by atoms with Crippen LogP contribution in [0.25, 0.3) is 0 Å². The van der Waals surface area contributed by atoms with Crippen molar-refractivity contribution in [1.29, 1.82) is 0 Å². The van der Waals surface area contributed by atoms with Crippen molar-refractivity contribution < 1.29 is 9.15 Å². The van der Waals surface area contributed by atoms with E-state index in [1.54, 1.807) is 6.26 Å². The molecule has 1 atom stereocenters. The molecule has 0 fully saturated rings. The monoisotopic (exact) mass is 182 g/mol. The Kier molecular flexibility index (Phi) is 3.15. The zero-order valence-electron chi connectivity index (χ0n) is 8.83. The van der Waals surface area contributed by atoms with Crippen molar-refractivity contribution in [2.75, 3.05) is 0 Å². The summed E-state index contributed by atoms with van der Waals surface area (Å²) in [6, 6.07) is 3.85.